The van der Waals surface area contributed by atoms with Crippen LogP contribution in [-0.2, 0) is 6.54 Å². The molecule has 1 aromatic rings. The van der Waals surface area contributed by atoms with Crippen molar-refractivity contribution in [2.45, 2.75) is 6.54 Å². The molecule has 0 saturated carbocycles. The van der Waals surface area contributed by atoms with E-state index in [0.29, 0.717) is 0 Å². The number of benzene rings is 1. The zero-order chi connectivity index (χ0) is 10.6. The monoisotopic (exact) mass is 259 g/mol. The Morgan fingerprint density at radius 2 is 1.79 bits per heavy atom. The van der Waals surface area contributed by atoms with Gasteiger partial charge >= 0.3 is 0 Å². The molecule has 78 valence electrons. The summed E-state index contributed by atoms with van der Waals surface area (Å²) < 4.78 is 11.4. The molecule has 0 spiro atoms. The maximum absolute atomic E-state index is 5.25. The molecule has 0 radical (unpaired) electrons. The maximum Gasteiger partial charge on any atom is 0.133 e. The van der Waals surface area contributed by atoms with Crippen molar-refractivity contribution in [3.8, 4) is 11.5 Å². The second-order valence-electron chi connectivity index (χ2n) is 2.79. The van der Waals surface area contributed by atoms with Gasteiger partial charge in [0.15, 0.2) is 0 Å². The molecule has 0 aliphatic carbocycles. The number of hydrogen-bond acceptors (Lipinski definition) is 3. The second-order valence-corrected chi connectivity index (χ2v) is 3.59. The maximum atomic E-state index is 5.25. The van der Waals surface area contributed by atoms with Gasteiger partial charge in [-0.05, 0) is 35.1 Å². The largest absolute Gasteiger partial charge is 0.496 e. The summed E-state index contributed by atoms with van der Waals surface area (Å²) in [5.74, 6) is 1.67. The van der Waals surface area contributed by atoms with Crippen molar-refractivity contribution in [1.29, 1.82) is 0 Å². The zero-order valence-corrected chi connectivity index (χ0v) is 10.1. The van der Waals surface area contributed by atoms with Crippen molar-refractivity contribution in [2.75, 3.05) is 21.3 Å². The summed E-state index contributed by atoms with van der Waals surface area (Å²) in [5, 5.41) is 3.09. The molecule has 3 nitrogen and oxygen atoms in total. The number of ether oxygens (including phenoxy) is 2. The quantitative estimate of drug-likeness (QED) is 0.900. The van der Waals surface area contributed by atoms with Gasteiger partial charge in [-0.15, -0.1) is 0 Å². The van der Waals surface area contributed by atoms with E-state index in [1.807, 2.05) is 19.2 Å². The fraction of sp³-hybridized carbons (Fsp3) is 0.400. The molecule has 0 heterocycles. The van der Waals surface area contributed by atoms with E-state index in [1.165, 1.54) is 0 Å². The highest BCUT2D eigenvalue weighted by Crippen LogP contribution is 2.34. The van der Waals surface area contributed by atoms with E-state index >= 15 is 0 Å². The standard InChI is InChI=1S/C10H14BrNO2/c1-12-6-7-8(13-2)4-5-9(14-3)10(7)11/h4-5,12H,6H2,1-3H3. The first kappa shape index (κ1) is 11.3. The predicted molar refractivity (Wildman–Crippen MR) is 60.0 cm³/mol. The van der Waals surface area contributed by atoms with Crippen molar-refractivity contribution in [3.05, 3.63) is 22.2 Å². The SMILES string of the molecule is CNCc1c(OC)ccc(OC)c1Br. The van der Waals surface area contributed by atoms with Gasteiger partial charge in [-0.3, -0.25) is 0 Å². The molecule has 0 atom stereocenters. The first-order valence-electron chi connectivity index (χ1n) is 4.28. The van der Waals surface area contributed by atoms with E-state index in [9.17, 15) is 0 Å². The lowest BCUT2D eigenvalue weighted by Crippen LogP contribution is -2.08. The first-order valence-corrected chi connectivity index (χ1v) is 5.07. The van der Waals surface area contributed by atoms with Crippen molar-refractivity contribution in [3.63, 3.8) is 0 Å². The summed E-state index contributed by atoms with van der Waals surface area (Å²) in [6.45, 7) is 0.737. The zero-order valence-electron chi connectivity index (χ0n) is 8.56. The molecule has 0 aromatic heterocycles. The molecule has 0 aliphatic rings. The van der Waals surface area contributed by atoms with E-state index < -0.39 is 0 Å². The van der Waals surface area contributed by atoms with Crippen LogP contribution in [0.1, 0.15) is 5.56 Å². The molecule has 14 heavy (non-hydrogen) atoms. The third-order valence-corrected chi connectivity index (χ3v) is 2.83. The highest BCUT2D eigenvalue weighted by molar-refractivity contribution is 9.10. The van der Waals surface area contributed by atoms with Crippen LogP contribution in [0.25, 0.3) is 0 Å². The Morgan fingerprint density at radius 1 is 1.21 bits per heavy atom. The number of nitrogens with one attached hydrogen (secondary N) is 1. The van der Waals surface area contributed by atoms with Gasteiger partial charge in [-0.2, -0.15) is 0 Å². The van der Waals surface area contributed by atoms with Crippen LogP contribution in [0.2, 0.25) is 0 Å². The minimum Gasteiger partial charge on any atom is -0.496 e. The molecule has 0 fully saturated rings. The van der Waals surface area contributed by atoms with Crippen LogP contribution in [-0.4, -0.2) is 21.3 Å². The summed E-state index contributed by atoms with van der Waals surface area (Å²) >= 11 is 3.49. The van der Waals surface area contributed by atoms with Gasteiger partial charge in [-0.25, -0.2) is 0 Å². The number of methoxy groups -OCH3 is 2. The molecule has 0 amide bonds. The Bertz CT molecular complexity index is 315. The minimum absolute atomic E-state index is 0.737. The number of rotatable bonds is 4. The molecule has 0 unspecified atom stereocenters. The third-order valence-electron chi connectivity index (χ3n) is 1.96. The Labute approximate surface area is 92.5 Å². The average molecular weight is 260 g/mol. The summed E-state index contributed by atoms with van der Waals surface area (Å²) in [6.07, 6.45) is 0. The highest BCUT2D eigenvalue weighted by atomic mass is 79.9. The van der Waals surface area contributed by atoms with Gasteiger partial charge in [0.1, 0.15) is 11.5 Å². The topological polar surface area (TPSA) is 30.5 Å². The van der Waals surface area contributed by atoms with Gasteiger partial charge in [0, 0.05) is 12.1 Å². The van der Waals surface area contributed by atoms with Gasteiger partial charge in [0.05, 0.1) is 18.7 Å². The van der Waals surface area contributed by atoms with E-state index in [-0.39, 0.29) is 0 Å². The van der Waals surface area contributed by atoms with Crippen LogP contribution in [0, 0.1) is 0 Å². The van der Waals surface area contributed by atoms with Crippen LogP contribution < -0.4 is 14.8 Å². The van der Waals surface area contributed by atoms with Gasteiger partial charge < -0.3 is 14.8 Å². The molecule has 1 aromatic carbocycles. The van der Waals surface area contributed by atoms with Crippen molar-refractivity contribution in [1.82, 2.24) is 5.32 Å². The predicted octanol–water partition coefficient (Wildman–Crippen LogP) is 2.19. The molecule has 0 saturated heterocycles. The van der Waals surface area contributed by atoms with Crippen LogP contribution in [0.15, 0.2) is 16.6 Å². The first-order chi connectivity index (χ1) is 6.74. The lowest BCUT2D eigenvalue weighted by molar-refractivity contribution is 0.395. The third kappa shape index (κ3) is 2.19. The average Bonchev–Trinajstić information content (AvgIpc) is 2.21. The number of hydrogen-bond donors (Lipinski definition) is 1. The molecule has 1 N–H and O–H groups in total. The van der Waals surface area contributed by atoms with Gasteiger partial charge in [0.2, 0.25) is 0 Å². The summed E-state index contributed by atoms with van der Waals surface area (Å²) in [5.41, 5.74) is 1.06. The lowest BCUT2D eigenvalue weighted by Gasteiger charge is -2.12. The Hall–Kier alpha value is -0.740. The Morgan fingerprint density at radius 3 is 2.29 bits per heavy atom. The van der Waals surface area contributed by atoms with Crippen LogP contribution in [0.5, 0.6) is 11.5 Å². The molecule has 4 heteroatoms. The highest BCUT2D eigenvalue weighted by Gasteiger charge is 2.11. The van der Waals surface area contributed by atoms with Crippen molar-refractivity contribution < 1.29 is 9.47 Å². The summed E-state index contributed by atoms with van der Waals surface area (Å²) in [4.78, 5) is 0. The molecule has 0 bridgehead atoms. The Balaban J connectivity index is 3.16. The van der Waals surface area contributed by atoms with E-state index in [2.05, 4.69) is 21.2 Å². The lowest BCUT2D eigenvalue weighted by atomic mass is 10.2. The van der Waals surface area contributed by atoms with Crippen LogP contribution in [0.4, 0.5) is 0 Å². The minimum atomic E-state index is 0.737. The molecule has 0 aliphatic heterocycles. The summed E-state index contributed by atoms with van der Waals surface area (Å²) in [6, 6.07) is 3.78. The van der Waals surface area contributed by atoms with Crippen LogP contribution >= 0.6 is 15.9 Å². The van der Waals surface area contributed by atoms with Gasteiger partial charge in [-0.1, -0.05) is 0 Å². The Kier molecular flexibility index (Phi) is 4.22. The smallest absolute Gasteiger partial charge is 0.133 e. The molecule has 1 rings (SSSR count). The fourth-order valence-electron chi connectivity index (χ4n) is 1.27. The normalized spacial score (nSPS) is 10.0. The van der Waals surface area contributed by atoms with Gasteiger partial charge in [0.25, 0.3) is 0 Å². The molecular weight excluding hydrogens is 246 g/mol. The summed E-state index contributed by atoms with van der Waals surface area (Å²) in [7, 11) is 5.20. The van der Waals surface area contributed by atoms with Crippen molar-refractivity contribution >= 4 is 15.9 Å². The fourth-order valence-corrected chi connectivity index (χ4v) is 1.90. The number of halogens is 1. The van der Waals surface area contributed by atoms with E-state index in [0.717, 1.165) is 28.1 Å². The van der Waals surface area contributed by atoms with Crippen LogP contribution in [0.3, 0.4) is 0 Å². The van der Waals surface area contributed by atoms with E-state index in [4.69, 9.17) is 9.47 Å². The van der Waals surface area contributed by atoms with E-state index in [1.54, 1.807) is 14.2 Å². The van der Waals surface area contributed by atoms with Crippen molar-refractivity contribution in [2.24, 2.45) is 0 Å². The molecular formula is C10H14BrNO2. The second kappa shape index (κ2) is 5.22.